The average Bonchev–Trinajstić information content (AvgIpc) is 3.46. The van der Waals surface area contributed by atoms with Crippen molar-refractivity contribution in [2.45, 2.75) is 13.0 Å². The number of carbonyl (C=O) groups excluding carboxylic acids is 2. The molecule has 158 valence electrons. The molecule has 4 atom stereocenters. The molecule has 2 amide bonds. The van der Waals surface area contributed by atoms with E-state index in [1.165, 1.54) is 6.21 Å². The molecule has 1 heterocycles. The summed E-state index contributed by atoms with van der Waals surface area (Å²) >= 11 is 5.91. The van der Waals surface area contributed by atoms with Crippen molar-refractivity contribution in [2.24, 2.45) is 28.8 Å². The molecular formula is C24H21ClN2O4. The molecule has 2 fully saturated rings. The Morgan fingerprint density at radius 1 is 1.03 bits per heavy atom. The van der Waals surface area contributed by atoms with Crippen molar-refractivity contribution in [1.82, 2.24) is 5.01 Å². The summed E-state index contributed by atoms with van der Waals surface area (Å²) < 4.78 is 11.3. The number of ether oxygens (including phenoxy) is 2. The van der Waals surface area contributed by atoms with Crippen LogP contribution < -0.4 is 9.47 Å². The van der Waals surface area contributed by atoms with Gasteiger partial charge in [0.2, 0.25) is 0 Å². The molecule has 31 heavy (non-hydrogen) atoms. The Balaban J connectivity index is 1.29. The topological polar surface area (TPSA) is 68.2 Å². The largest absolute Gasteiger partial charge is 0.493 e. The second-order valence-electron chi connectivity index (χ2n) is 8.06. The molecule has 7 heteroatoms. The van der Waals surface area contributed by atoms with Gasteiger partial charge >= 0.3 is 0 Å². The first kappa shape index (κ1) is 19.8. The van der Waals surface area contributed by atoms with Crippen LogP contribution in [0, 0.1) is 23.7 Å². The van der Waals surface area contributed by atoms with Gasteiger partial charge in [0.05, 0.1) is 25.2 Å². The summed E-state index contributed by atoms with van der Waals surface area (Å²) in [7, 11) is 1.56. The van der Waals surface area contributed by atoms with E-state index in [0.29, 0.717) is 28.7 Å². The first-order chi connectivity index (χ1) is 15.0. The van der Waals surface area contributed by atoms with Crippen LogP contribution in [0.15, 0.2) is 59.7 Å². The van der Waals surface area contributed by atoms with Crippen molar-refractivity contribution < 1.29 is 19.1 Å². The Labute approximate surface area is 185 Å². The minimum atomic E-state index is -0.252. The lowest BCUT2D eigenvalue weighted by Crippen LogP contribution is -2.28. The first-order valence-electron chi connectivity index (χ1n) is 10.2. The molecule has 1 saturated carbocycles. The number of carbonyl (C=O) groups is 2. The molecule has 0 N–H and O–H groups in total. The number of imide groups is 1. The van der Waals surface area contributed by atoms with Gasteiger partial charge in [-0.05, 0) is 59.7 Å². The number of amides is 2. The standard InChI is InChI=1S/C24H21ClN2O4/c1-30-20-10-15(4-9-19(20)31-13-14-2-7-18(25)8-3-14)12-26-27-23(28)21-16-5-6-17(11-16)22(21)24(27)29/h2-10,12,16-17,21-22H,11,13H2,1H3/t16-,17-,21-,22+/m0/s1. The third-order valence-electron chi connectivity index (χ3n) is 6.26. The third-order valence-corrected chi connectivity index (χ3v) is 6.52. The summed E-state index contributed by atoms with van der Waals surface area (Å²) in [6.45, 7) is 0.372. The van der Waals surface area contributed by atoms with Gasteiger partial charge in [-0.2, -0.15) is 10.1 Å². The normalized spacial score (nSPS) is 26.2. The van der Waals surface area contributed by atoms with Gasteiger partial charge in [-0.25, -0.2) is 0 Å². The first-order valence-corrected chi connectivity index (χ1v) is 10.6. The number of hydrazone groups is 1. The number of benzene rings is 2. The fraction of sp³-hybridized carbons (Fsp3) is 0.292. The number of halogens is 1. The predicted octanol–water partition coefficient (Wildman–Crippen LogP) is 4.07. The number of hydrogen-bond donors (Lipinski definition) is 0. The Bertz CT molecular complexity index is 1070. The molecule has 0 spiro atoms. The van der Waals surface area contributed by atoms with E-state index in [-0.39, 0.29) is 35.5 Å². The quantitative estimate of drug-likeness (QED) is 0.389. The number of hydrogen-bond acceptors (Lipinski definition) is 5. The number of methoxy groups -OCH3 is 1. The monoisotopic (exact) mass is 436 g/mol. The zero-order valence-corrected chi connectivity index (χ0v) is 17.7. The molecular weight excluding hydrogens is 416 g/mol. The number of nitrogens with zero attached hydrogens (tertiary/aromatic N) is 2. The fourth-order valence-electron chi connectivity index (χ4n) is 4.75. The highest BCUT2D eigenvalue weighted by molar-refractivity contribution is 6.30. The van der Waals surface area contributed by atoms with E-state index in [0.717, 1.165) is 17.0 Å². The Morgan fingerprint density at radius 2 is 1.71 bits per heavy atom. The van der Waals surface area contributed by atoms with E-state index in [4.69, 9.17) is 21.1 Å². The number of allylic oxidation sites excluding steroid dienone is 2. The molecule has 6 nitrogen and oxygen atoms in total. The van der Waals surface area contributed by atoms with E-state index >= 15 is 0 Å². The van der Waals surface area contributed by atoms with Gasteiger partial charge < -0.3 is 9.47 Å². The van der Waals surface area contributed by atoms with Crippen LogP contribution in [-0.2, 0) is 16.2 Å². The lowest BCUT2D eigenvalue weighted by molar-refractivity contribution is -0.140. The van der Waals surface area contributed by atoms with Crippen LogP contribution >= 0.6 is 11.6 Å². The van der Waals surface area contributed by atoms with Crippen molar-refractivity contribution in [3.8, 4) is 11.5 Å². The van der Waals surface area contributed by atoms with Crippen LogP contribution in [0.3, 0.4) is 0 Å². The Kier molecular flexibility index (Phi) is 5.02. The molecule has 2 aliphatic carbocycles. The van der Waals surface area contributed by atoms with Gasteiger partial charge in [0.1, 0.15) is 6.61 Å². The van der Waals surface area contributed by atoms with Crippen LogP contribution in [0.5, 0.6) is 11.5 Å². The van der Waals surface area contributed by atoms with E-state index in [1.807, 2.05) is 24.3 Å². The molecule has 2 bridgehead atoms. The fourth-order valence-corrected chi connectivity index (χ4v) is 4.88. The lowest BCUT2D eigenvalue weighted by atomic mass is 9.85. The second kappa shape index (κ2) is 7.85. The van der Waals surface area contributed by atoms with Crippen molar-refractivity contribution in [3.63, 3.8) is 0 Å². The summed E-state index contributed by atoms with van der Waals surface area (Å²) in [5, 5.41) is 5.93. The van der Waals surface area contributed by atoms with Gasteiger partial charge in [-0.15, -0.1) is 0 Å². The van der Waals surface area contributed by atoms with Crippen LogP contribution in [-0.4, -0.2) is 30.1 Å². The summed E-state index contributed by atoms with van der Waals surface area (Å²) in [6.07, 6.45) is 6.55. The van der Waals surface area contributed by atoms with Crippen molar-refractivity contribution in [1.29, 1.82) is 0 Å². The van der Waals surface area contributed by atoms with Gasteiger partial charge in [-0.3, -0.25) is 9.59 Å². The van der Waals surface area contributed by atoms with Crippen molar-refractivity contribution in [2.75, 3.05) is 7.11 Å². The Morgan fingerprint density at radius 3 is 2.35 bits per heavy atom. The van der Waals surface area contributed by atoms with Gasteiger partial charge in [-0.1, -0.05) is 35.9 Å². The summed E-state index contributed by atoms with van der Waals surface area (Å²) in [5.74, 6) is 0.565. The lowest BCUT2D eigenvalue weighted by Gasteiger charge is -2.13. The zero-order chi connectivity index (χ0) is 21.5. The molecule has 0 radical (unpaired) electrons. The minimum Gasteiger partial charge on any atom is -0.493 e. The van der Waals surface area contributed by atoms with E-state index < -0.39 is 0 Å². The van der Waals surface area contributed by atoms with Crippen molar-refractivity contribution >= 4 is 29.6 Å². The van der Waals surface area contributed by atoms with E-state index in [9.17, 15) is 9.59 Å². The molecule has 1 aliphatic heterocycles. The van der Waals surface area contributed by atoms with Gasteiger partial charge in [0.25, 0.3) is 11.8 Å². The summed E-state index contributed by atoms with van der Waals surface area (Å²) in [4.78, 5) is 25.5. The predicted molar refractivity (Wildman–Crippen MR) is 116 cm³/mol. The number of rotatable bonds is 6. The smallest absolute Gasteiger partial charge is 0.254 e. The number of fused-ring (bicyclic) bond motifs is 5. The minimum absolute atomic E-state index is 0.170. The van der Waals surface area contributed by atoms with Crippen LogP contribution in [0.1, 0.15) is 17.5 Å². The zero-order valence-electron chi connectivity index (χ0n) is 16.9. The molecule has 2 aromatic rings. The molecule has 5 rings (SSSR count). The molecule has 2 aromatic carbocycles. The summed E-state index contributed by atoms with van der Waals surface area (Å²) in [6, 6.07) is 12.8. The van der Waals surface area contributed by atoms with E-state index in [2.05, 4.69) is 17.3 Å². The molecule has 0 unspecified atom stereocenters. The molecule has 1 saturated heterocycles. The second-order valence-corrected chi connectivity index (χ2v) is 8.49. The van der Waals surface area contributed by atoms with Gasteiger partial charge in [0.15, 0.2) is 11.5 Å². The maximum Gasteiger partial charge on any atom is 0.254 e. The van der Waals surface area contributed by atoms with Crippen LogP contribution in [0.2, 0.25) is 5.02 Å². The van der Waals surface area contributed by atoms with Crippen LogP contribution in [0.4, 0.5) is 0 Å². The highest BCUT2D eigenvalue weighted by atomic mass is 35.5. The highest BCUT2D eigenvalue weighted by Gasteiger charge is 2.59. The van der Waals surface area contributed by atoms with Gasteiger partial charge in [0, 0.05) is 5.02 Å². The van der Waals surface area contributed by atoms with Crippen molar-refractivity contribution in [3.05, 3.63) is 70.8 Å². The SMILES string of the molecule is COc1cc(C=NN2C(=O)[C@@H]3[C@H](C2=O)[C@H]2C=C[C@H]3C2)ccc1OCc1ccc(Cl)cc1. The van der Waals surface area contributed by atoms with Crippen LogP contribution in [0.25, 0.3) is 0 Å². The summed E-state index contributed by atoms with van der Waals surface area (Å²) in [5.41, 5.74) is 1.69. The van der Waals surface area contributed by atoms with E-state index in [1.54, 1.807) is 25.3 Å². The highest BCUT2D eigenvalue weighted by Crippen LogP contribution is 2.52. The molecule has 0 aromatic heterocycles. The Hall–Kier alpha value is -3.12. The maximum atomic E-state index is 12.7. The maximum absolute atomic E-state index is 12.7. The third kappa shape index (κ3) is 3.51. The average molecular weight is 437 g/mol. The molecule has 3 aliphatic rings.